The van der Waals surface area contributed by atoms with E-state index in [1.165, 1.54) is 5.56 Å². The van der Waals surface area contributed by atoms with Crippen LogP contribution in [0.5, 0.6) is 0 Å². The van der Waals surface area contributed by atoms with Crippen LogP contribution in [-0.2, 0) is 32.7 Å². The van der Waals surface area contributed by atoms with E-state index in [1.54, 1.807) is 0 Å². The van der Waals surface area contributed by atoms with Crippen molar-refractivity contribution in [2.24, 2.45) is 0 Å². The SMILES string of the molecule is Cc1c[nH]c2n[c-]nc(C)c12.[Y]. The van der Waals surface area contributed by atoms with Crippen LogP contribution in [0.4, 0.5) is 0 Å². The zero-order valence-corrected chi connectivity index (χ0v) is 9.89. The molecule has 0 saturated carbocycles. The second kappa shape index (κ2) is 3.63. The van der Waals surface area contributed by atoms with E-state index in [-0.39, 0.29) is 32.7 Å². The molecule has 0 aliphatic carbocycles. The van der Waals surface area contributed by atoms with Crippen molar-refractivity contribution >= 4 is 11.0 Å². The molecule has 3 nitrogen and oxygen atoms in total. The van der Waals surface area contributed by atoms with Crippen molar-refractivity contribution in [1.82, 2.24) is 15.0 Å². The fraction of sp³-hybridized carbons (Fsp3) is 0.250. The van der Waals surface area contributed by atoms with Crippen LogP contribution in [0.1, 0.15) is 11.3 Å². The van der Waals surface area contributed by atoms with E-state index in [0.29, 0.717) is 0 Å². The Morgan fingerprint density at radius 2 is 2.08 bits per heavy atom. The van der Waals surface area contributed by atoms with Gasteiger partial charge in [-0.1, -0.05) is 18.0 Å². The molecule has 2 aromatic heterocycles. The number of aromatic nitrogens is 3. The third kappa shape index (κ3) is 1.43. The predicted octanol–water partition coefficient (Wildman–Crippen LogP) is 1.37. The third-order valence-electron chi connectivity index (χ3n) is 1.80. The molecular formula is C8H8N3Y-. The Labute approximate surface area is 95.9 Å². The molecule has 0 bridgehead atoms. The molecule has 2 heterocycles. The van der Waals surface area contributed by atoms with E-state index in [9.17, 15) is 0 Å². The van der Waals surface area contributed by atoms with Gasteiger partial charge in [-0.2, -0.15) is 0 Å². The van der Waals surface area contributed by atoms with Gasteiger partial charge < -0.3 is 15.0 Å². The van der Waals surface area contributed by atoms with Crippen LogP contribution in [0.3, 0.4) is 0 Å². The summed E-state index contributed by atoms with van der Waals surface area (Å²) in [7, 11) is 0. The van der Waals surface area contributed by atoms with Gasteiger partial charge in [0.15, 0.2) is 0 Å². The number of hydrogen-bond acceptors (Lipinski definition) is 2. The maximum atomic E-state index is 3.98. The first-order valence-electron chi connectivity index (χ1n) is 3.47. The number of rotatable bonds is 0. The average molecular weight is 235 g/mol. The van der Waals surface area contributed by atoms with Crippen molar-refractivity contribution in [3.05, 3.63) is 23.8 Å². The quantitative estimate of drug-likeness (QED) is 0.700. The second-order valence-corrected chi connectivity index (χ2v) is 2.60. The van der Waals surface area contributed by atoms with Gasteiger partial charge in [0.05, 0.1) is 0 Å². The molecule has 0 fully saturated rings. The van der Waals surface area contributed by atoms with E-state index in [1.807, 2.05) is 20.0 Å². The van der Waals surface area contributed by atoms with Crippen LogP contribution < -0.4 is 0 Å². The van der Waals surface area contributed by atoms with Gasteiger partial charge in [0.1, 0.15) is 0 Å². The molecule has 0 aliphatic rings. The fourth-order valence-electron chi connectivity index (χ4n) is 1.26. The standard InChI is InChI=1S/C8H8N3.Y/c1-5-3-9-8-7(5)6(2)10-4-11-8;/h3H,1-2H3,(H,9,10,11);/q-1;. The molecule has 0 spiro atoms. The number of fused-ring (bicyclic) bond motifs is 1. The summed E-state index contributed by atoms with van der Waals surface area (Å²) in [5, 5.41) is 1.11. The fourth-order valence-corrected chi connectivity index (χ4v) is 1.26. The molecule has 12 heavy (non-hydrogen) atoms. The van der Waals surface area contributed by atoms with Crippen LogP contribution >= 0.6 is 0 Å². The largest absolute Gasteiger partial charge is 0.399 e. The first kappa shape index (κ1) is 9.81. The molecule has 0 amide bonds. The Morgan fingerprint density at radius 1 is 1.33 bits per heavy atom. The molecule has 1 N–H and O–H groups in total. The Morgan fingerprint density at radius 3 is 2.75 bits per heavy atom. The summed E-state index contributed by atoms with van der Waals surface area (Å²) in [4.78, 5) is 11.0. The van der Waals surface area contributed by atoms with Crippen molar-refractivity contribution in [3.63, 3.8) is 0 Å². The van der Waals surface area contributed by atoms with Crippen molar-refractivity contribution in [2.45, 2.75) is 13.8 Å². The number of aryl methyl sites for hydroxylation is 2. The minimum Gasteiger partial charge on any atom is -0.399 e. The average Bonchev–Trinajstić information content (AvgIpc) is 2.34. The maximum Gasteiger partial charge on any atom is 0.0262 e. The Balaban J connectivity index is 0.000000720. The van der Waals surface area contributed by atoms with E-state index in [4.69, 9.17) is 0 Å². The summed E-state index contributed by atoms with van der Waals surface area (Å²) in [5.74, 6) is 0. The second-order valence-electron chi connectivity index (χ2n) is 2.60. The molecule has 0 saturated heterocycles. The predicted molar refractivity (Wildman–Crippen MR) is 42.2 cm³/mol. The van der Waals surface area contributed by atoms with Gasteiger partial charge in [-0.15, -0.1) is 0 Å². The summed E-state index contributed by atoms with van der Waals surface area (Å²) in [5.41, 5.74) is 3.04. The van der Waals surface area contributed by atoms with E-state index in [2.05, 4.69) is 21.3 Å². The Kier molecular flexibility index (Phi) is 2.96. The van der Waals surface area contributed by atoms with Gasteiger partial charge in [0.25, 0.3) is 0 Å². The van der Waals surface area contributed by atoms with Gasteiger partial charge in [-0.05, 0) is 18.7 Å². The summed E-state index contributed by atoms with van der Waals surface area (Å²) < 4.78 is 0. The zero-order valence-electron chi connectivity index (χ0n) is 7.05. The minimum absolute atomic E-state index is 0. The van der Waals surface area contributed by atoms with Crippen molar-refractivity contribution in [3.8, 4) is 0 Å². The van der Waals surface area contributed by atoms with Crippen molar-refractivity contribution < 1.29 is 32.7 Å². The Bertz CT molecular complexity index is 394. The van der Waals surface area contributed by atoms with Crippen molar-refractivity contribution in [1.29, 1.82) is 0 Å². The van der Waals surface area contributed by atoms with Gasteiger partial charge in [0.2, 0.25) is 0 Å². The minimum atomic E-state index is 0. The smallest absolute Gasteiger partial charge is 0.0262 e. The van der Waals surface area contributed by atoms with Crippen LogP contribution in [0.15, 0.2) is 6.20 Å². The summed E-state index contributed by atoms with van der Waals surface area (Å²) in [6, 6.07) is 0. The van der Waals surface area contributed by atoms with Crippen LogP contribution in [0.2, 0.25) is 0 Å². The monoisotopic (exact) mass is 235 g/mol. The summed E-state index contributed by atoms with van der Waals surface area (Å²) in [6.45, 7) is 4.00. The van der Waals surface area contributed by atoms with Gasteiger partial charge in [-0.25, -0.2) is 0 Å². The molecule has 0 aliphatic heterocycles. The van der Waals surface area contributed by atoms with Crippen LogP contribution in [0.25, 0.3) is 11.0 Å². The number of hydrogen-bond donors (Lipinski definition) is 1. The summed E-state index contributed by atoms with van der Waals surface area (Å²) >= 11 is 0. The number of nitrogens with one attached hydrogen (secondary N) is 1. The first-order valence-corrected chi connectivity index (χ1v) is 3.47. The van der Waals surface area contributed by atoms with Crippen LogP contribution in [-0.4, -0.2) is 15.0 Å². The molecule has 0 atom stereocenters. The molecule has 59 valence electrons. The van der Waals surface area contributed by atoms with Gasteiger partial charge in [-0.3, -0.25) is 0 Å². The zero-order chi connectivity index (χ0) is 7.84. The molecular weight excluding hydrogens is 227 g/mol. The van der Waals surface area contributed by atoms with Crippen molar-refractivity contribution in [2.75, 3.05) is 0 Å². The number of nitrogens with zero attached hydrogens (tertiary/aromatic N) is 2. The molecule has 0 unspecified atom stereocenters. The third-order valence-corrected chi connectivity index (χ3v) is 1.80. The first-order chi connectivity index (χ1) is 5.29. The maximum absolute atomic E-state index is 3.98. The topological polar surface area (TPSA) is 41.6 Å². The van der Waals surface area contributed by atoms with E-state index in [0.717, 1.165) is 16.7 Å². The molecule has 2 rings (SSSR count). The Hall–Kier alpha value is -0.276. The van der Waals surface area contributed by atoms with Gasteiger partial charge in [0, 0.05) is 44.7 Å². The molecule has 2 aromatic rings. The summed E-state index contributed by atoms with van der Waals surface area (Å²) in [6.07, 6.45) is 4.52. The number of H-pyrrole nitrogens is 1. The van der Waals surface area contributed by atoms with Gasteiger partial charge >= 0.3 is 0 Å². The van der Waals surface area contributed by atoms with E-state index >= 15 is 0 Å². The molecule has 0 aromatic carbocycles. The molecule has 1 radical (unpaired) electrons. The van der Waals surface area contributed by atoms with E-state index < -0.39 is 0 Å². The van der Waals surface area contributed by atoms with Crippen LogP contribution in [0, 0.1) is 20.2 Å². The normalized spacial score (nSPS) is 9.83. The number of aromatic amines is 1. The molecule has 4 heteroatoms.